The largest absolute Gasteiger partial charge is 0.365 e. The van der Waals surface area contributed by atoms with Crippen molar-refractivity contribution in [3.63, 3.8) is 0 Å². The minimum absolute atomic E-state index is 0. The molecule has 1 saturated carbocycles. The number of benzene rings is 1. The first-order valence-corrected chi connectivity index (χ1v) is 5.68. The molecule has 0 bridgehead atoms. The van der Waals surface area contributed by atoms with E-state index in [4.69, 9.17) is 0 Å². The van der Waals surface area contributed by atoms with Gasteiger partial charge in [-0.15, -0.1) is 0 Å². The Hall–Kier alpha value is -0.317. The minimum atomic E-state index is -2.06. The Labute approximate surface area is 119 Å². The SMILES string of the molecule is CC1C(O)(O)CC(c2cc[c-]cc2)CC1(O)O.[Zn]. The van der Waals surface area contributed by atoms with Crippen LogP contribution in [0.25, 0.3) is 0 Å². The maximum absolute atomic E-state index is 9.84. The molecule has 4 N–H and O–H groups in total. The van der Waals surface area contributed by atoms with E-state index in [0.29, 0.717) is 0 Å². The van der Waals surface area contributed by atoms with Gasteiger partial charge in [-0.05, 0) is 5.92 Å². The molecule has 0 aromatic heterocycles. The second-order valence-corrected chi connectivity index (χ2v) is 4.92. The van der Waals surface area contributed by atoms with Crippen LogP contribution >= 0.6 is 0 Å². The van der Waals surface area contributed by atoms with Crippen molar-refractivity contribution in [1.82, 2.24) is 0 Å². The third-order valence-corrected chi connectivity index (χ3v) is 3.70. The first kappa shape index (κ1) is 15.7. The maximum atomic E-state index is 9.84. The number of hydrogen-bond donors (Lipinski definition) is 4. The van der Waals surface area contributed by atoms with E-state index in [9.17, 15) is 20.4 Å². The van der Waals surface area contributed by atoms with E-state index in [1.165, 1.54) is 6.92 Å². The van der Waals surface area contributed by atoms with Crippen molar-refractivity contribution in [1.29, 1.82) is 0 Å². The Morgan fingerprint density at radius 1 is 1.06 bits per heavy atom. The van der Waals surface area contributed by atoms with Gasteiger partial charge >= 0.3 is 0 Å². The Morgan fingerprint density at radius 2 is 1.50 bits per heavy atom. The smallest absolute Gasteiger partial charge is 0.170 e. The molecule has 0 amide bonds. The van der Waals surface area contributed by atoms with Crippen LogP contribution in [0.1, 0.15) is 31.2 Å². The van der Waals surface area contributed by atoms with Crippen molar-refractivity contribution < 1.29 is 39.9 Å². The third-order valence-electron chi connectivity index (χ3n) is 3.70. The van der Waals surface area contributed by atoms with Crippen molar-refractivity contribution >= 4 is 0 Å². The summed E-state index contributed by atoms with van der Waals surface area (Å²) in [5, 5.41) is 39.4. The summed E-state index contributed by atoms with van der Waals surface area (Å²) in [5.74, 6) is -5.41. The van der Waals surface area contributed by atoms with E-state index >= 15 is 0 Å². The standard InChI is InChI=1S/C13H17O4.Zn/c1-9-12(14,15)7-11(8-13(9,16)17)10-5-3-2-4-6-10;/h3-6,9,11,14-17H,7-8H2,1H3;/q-1;. The molecule has 5 heteroatoms. The molecule has 0 atom stereocenters. The van der Waals surface area contributed by atoms with Crippen LogP contribution in [0.5, 0.6) is 0 Å². The summed E-state index contributed by atoms with van der Waals surface area (Å²) in [4.78, 5) is 0. The fraction of sp³-hybridized carbons (Fsp3) is 0.538. The molecular weight excluding hydrogens is 286 g/mol. The predicted octanol–water partition coefficient (Wildman–Crippen LogP) is 0.360. The summed E-state index contributed by atoms with van der Waals surface area (Å²) in [6.07, 6.45) is 0.197. The van der Waals surface area contributed by atoms with E-state index in [1.54, 1.807) is 24.3 Å². The van der Waals surface area contributed by atoms with Crippen LogP contribution in [-0.4, -0.2) is 32.0 Å². The van der Waals surface area contributed by atoms with Crippen LogP contribution in [0.4, 0.5) is 0 Å². The minimum Gasteiger partial charge on any atom is -0.365 e. The summed E-state index contributed by atoms with van der Waals surface area (Å²) in [7, 11) is 0. The quantitative estimate of drug-likeness (QED) is 0.343. The average Bonchev–Trinajstić information content (AvgIpc) is 2.26. The van der Waals surface area contributed by atoms with Gasteiger partial charge in [0.2, 0.25) is 0 Å². The average molecular weight is 303 g/mol. The molecule has 96 valence electrons. The molecule has 1 aromatic carbocycles. The fourth-order valence-electron chi connectivity index (χ4n) is 2.43. The van der Waals surface area contributed by atoms with Gasteiger partial charge in [0, 0.05) is 32.3 Å². The third kappa shape index (κ3) is 2.98. The summed E-state index contributed by atoms with van der Waals surface area (Å²) < 4.78 is 0. The van der Waals surface area contributed by atoms with E-state index in [-0.39, 0.29) is 38.2 Å². The van der Waals surface area contributed by atoms with E-state index in [0.717, 1.165) is 5.56 Å². The van der Waals surface area contributed by atoms with Gasteiger partial charge in [0.05, 0.1) is 5.92 Å². The monoisotopic (exact) mass is 301 g/mol. The van der Waals surface area contributed by atoms with E-state index in [2.05, 4.69) is 6.07 Å². The first-order valence-electron chi connectivity index (χ1n) is 5.68. The van der Waals surface area contributed by atoms with Crippen LogP contribution in [0.15, 0.2) is 24.3 Å². The molecular formula is C13H17O4Zn-. The molecule has 0 spiro atoms. The summed E-state index contributed by atoms with van der Waals surface area (Å²) in [6, 6.07) is 9.91. The van der Waals surface area contributed by atoms with Crippen LogP contribution < -0.4 is 0 Å². The normalized spacial score (nSPS) is 29.4. The number of hydrogen-bond acceptors (Lipinski definition) is 4. The molecule has 0 aliphatic heterocycles. The van der Waals surface area contributed by atoms with Crippen LogP contribution in [0.2, 0.25) is 0 Å². The number of rotatable bonds is 1. The van der Waals surface area contributed by atoms with Crippen LogP contribution in [-0.2, 0) is 19.5 Å². The Kier molecular flexibility index (Phi) is 4.68. The molecule has 1 aliphatic carbocycles. The van der Waals surface area contributed by atoms with Crippen molar-refractivity contribution in [3.8, 4) is 0 Å². The first-order chi connectivity index (χ1) is 7.83. The fourth-order valence-corrected chi connectivity index (χ4v) is 2.43. The second-order valence-electron chi connectivity index (χ2n) is 4.92. The van der Waals surface area contributed by atoms with Gasteiger partial charge in [-0.2, -0.15) is 35.9 Å². The molecule has 2 rings (SSSR count). The number of aliphatic hydroxyl groups is 4. The van der Waals surface area contributed by atoms with Crippen molar-refractivity contribution in [2.45, 2.75) is 37.3 Å². The molecule has 0 saturated heterocycles. The maximum Gasteiger partial charge on any atom is 0.170 e. The van der Waals surface area contributed by atoms with E-state index in [1.807, 2.05) is 0 Å². The van der Waals surface area contributed by atoms with Crippen molar-refractivity contribution in [2.24, 2.45) is 5.92 Å². The zero-order chi connectivity index (χ0) is 12.7. The van der Waals surface area contributed by atoms with Gasteiger partial charge in [0.15, 0.2) is 11.6 Å². The molecule has 0 heterocycles. The second kappa shape index (κ2) is 5.35. The van der Waals surface area contributed by atoms with Crippen molar-refractivity contribution in [2.75, 3.05) is 0 Å². The molecule has 18 heavy (non-hydrogen) atoms. The topological polar surface area (TPSA) is 80.9 Å². The van der Waals surface area contributed by atoms with Crippen molar-refractivity contribution in [3.05, 3.63) is 35.9 Å². The van der Waals surface area contributed by atoms with Gasteiger partial charge in [-0.3, -0.25) is 0 Å². The van der Waals surface area contributed by atoms with Crippen LogP contribution in [0.3, 0.4) is 0 Å². The summed E-state index contributed by atoms with van der Waals surface area (Å²) in [5.41, 5.74) is 0.857. The summed E-state index contributed by atoms with van der Waals surface area (Å²) >= 11 is 0. The van der Waals surface area contributed by atoms with Crippen LogP contribution in [0, 0.1) is 12.0 Å². The Morgan fingerprint density at radius 3 is 1.94 bits per heavy atom. The molecule has 1 fully saturated rings. The molecule has 1 aromatic rings. The van der Waals surface area contributed by atoms with Gasteiger partial charge in [0.1, 0.15) is 0 Å². The zero-order valence-electron chi connectivity index (χ0n) is 10.4. The van der Waals surface area contributed by atoms with Gasteiger partial charge in [0.25, 0.3) is 0 Å². The zero-order valence-corrected chi connectivity index (χ0v) is 13.3. The molecule has 4 nitrogen and oxygen atoms in total. The molecule has 0 radical (unpaired) electrons. The molecule has 1 aliphatic rings. The van der Waals surface area contributed by atoms with Gasteiger partial charge in [-0.25, -0.2) is 0 Å². The van der Waals surface area contributed by atoms with Gasteiger partial charge in [-0.1, -0.05) is 6.92 Å². The van der Waals surface area contributed by atoms with Gasteiger partial charge < -0.3 is 20.4 Å². The Bertz CT molecular complexity index is 373. The van der Waals surface area contributed by atoms with E-state index < -0.39 is 17.5 Å². The Balaban J connectivity index is 0.00000162. The summed E-state index contributed by atoms with van der Waals surface area (Å²) in [6.45, 7) is 1.43. The predicted molar refractivity (Wildman–Crippen MR) is 60.8 cm³/mol. The molecule has 0 unspecified atom stereocenters.